The molecule has 1 saturated carbocycles. The molecule has 3 heterocycles. The number of anilines is 1. The van der Waals surface area contributed by atoms with E-state index in [0.717, 1.165) is 10.6 Å². The van der Waals surface area contributed by atoms with E-state index in [4.69, 9.17) is 4.74 Å². The van der Waals surface area contributed by atoms with Crippen molar-refractivity contribution in [2.75, 3.05) is 12.4 Å². The fourth-order valence-corrected chi connectivity index (χ4v) is 5.99. The lowest BCUT2D eigenvalue weighted by Gasteiger charge is -2.36. The van der Waals surface area contributed by atoms with Crippen molar-refractivity contribution in [3.05, 3.63) is 57.9 Å². The molecule has 38 heavy (non-hydrogen) atoms. The van der Waals surface area contributed by atoms with Crippen molar-refractivity contribution in [3.63, 3.8) is 0 Å². The fraction of sp³-hybridized carbons (Fsp3) is 0.370. The number of rotatable bonds is 7. The number of aromatic nitrogens is 2. The Morgan fingerprint density at radius 2 is 2.05 bits per heavy atom. The molecule has 196 valence electrons. The van der Waals surface area contributed by atoms with E-state index in [0.29, 0.717) is 64.8 Å². The Balaban J connectivity index is 1.29. The van der Waals surface area contributed by atoms with Crippen LogP contribution in [0.25, 0.3) is 11.1 Å². The second-order valence-corrected chi connectivity index (χ2v) is 10.7. The lowest BCUT2D eigenvalue weighted by Crippen LogP contribution is -2.39. The van der Waals surface area contributed by atoms with E-state index >= 15 is 0 Å². The third-order valence-corrected chi connectivity index (χ3v) is 7.98. The number of pyridine rings is 1. The van der Waals surface area contributed by atoms with Crippen molar-refractivity contribution >= 4 is 28.3 Å². The molecule has 1 aromatic carbocycles. The maximum Gasteiger partial charge on any atom is 0.259 e. The molecule has 0 spiro atoms. The molecule has 0 atom stereocenters. The van der Waals surface area contributed by atoms with Crippen LogP contribution in [0, 0.1) is 30.1 Å². The van der Waals surface area contributed by atoms with Gasteiger partial charge in [-0.2, -0.15) is 5.26 Å². The Kier molecular flexibility index (Phi) is 7.08. The van der Waals surface area contributed by atoms with E-state index in [1.54, 1.807) is 29.2 Å². The minimum atomic E-state index is -2.33. The summed E-state index contributed by atoms with van der Waals surface area (Å²) in [6, 6.07) is 8.89. The Bertz CT molecular complexity index is 1420. The Morgan fingerprint density at radius 3 is 2.74 bits per heavy atom. The normalized spacial score (nSPS) is 18.1. The van der Waals surface area contributed by atoms with Crippen molar-refractivity contribution in [1.82, 2.24) is 14.9 Å². The largest absolute Gasteiger partial charge is 0.496 e. The second kappa shape index (κ2) is 10.5. The topological polar surface area (TPSA) is 108 Å². The van der Waals surface area contributed by atoms with Gasteiger partial charge >= 0.3 is 0 Å². The number of halogens is 2. The summed E-state index contributed by atoms with van der Waals surface area (Å²) >= 11 is 1.31. The number of nitrogens with one attached hydrogen (secondary N) is 1. The molecule has 8 nitrogen and oxygen atoms in total. The number of aryl methyl sites for hydroxylation is 1. The number of amides is 2. The van der Waals surface area contributed by atoms with E-state index in [1.807, 2.05) is 6.92 Å². The third kappa shape index (κ3) is 5.09. The highest BCUT2D eigenvalue weighted by Crippen LogP contribution is 2.41. The SMILES string of the molecule is COc1ccc(C#N)cc1-c1cc(C)ncc1C(=O)Nc1nc2c(s1)CN(C(=O)C1CC(CC(F)F)C1)C2. The Labute approximate surface area is 222 Å². The molecule has 0 bridgehead atoms. The van der Waals surface area contributed by atoms with Gasteiger partial charge in [0.15, 0.2) is 5.13 Å². The molecule has 0 unspecified atom stereocenters. The first-order chi connectivity index (χ1) is 18.2. The van der Waals surface area contributed by atoms with Gasteiger partial charge in [0.05, 0.1) is 48.0 Å². The molecule has 1 fully saturated rings. The van der Waals surface area contributed by atoms with Crippen LogP contribution < -0.4 is 10.1 Å². The molecule has 11 heteroatoms. The molecule has 1 aliphatic carbocycles. The van der Waals surface area contributed by atoms with E-state index in [-0.39, 0.29) is 24.2 Å². The number of carbonyl (C=O) groups is 2. The van der Waals surface area contributed by atoms with Gasteiger partial charge in [-0.1, -0.05) is 11.3 Å². The van der Waals surface area contributed by atoms with Crippen LogP contribution in [0.2, 0.25) is 0 Å². The number of hydrogen-bond acceptors (Lipinski definition) is 7. The zero-order valence-corrected chi connectivity index (χ0v) is 21.6. The lowest BCUT2D eigenvalue weighted by molar-refractivity contribution is -0.141. The lowest BCUT2D eigenvalue weighted by atomic mass is 9.72. The van der Waals surface area contributed by atoms with Gasteiger partial charge < -0.3 is 9.64 Å². The summed E-state index contributed by atoms with van der Waals surface area (Å²) < 4.78 is 30.6. The van der Waals surface area contributed by atoms with Crippen molar-refractivity contribution < 1.29 is 23.1 Å². The molecule has 5 rings (SSSR count). The molecule has 3 aromatic rings. The van der Waals surface area contributed by atoms with E-state index < -0.39 is 12.3 Å². The van der Waals surface area contributed by atoms with Crippen LogP contribution in [-0.2, 0) is 17.9 Å². The second-order valence-electron chi connectivity index (χ2n) is 9.60. The summed E-state index contributed by atoms with van der Waals surface area (Å²) in [6.45, 7) is 2.55. The summed E-state index contributed by atoms with van der Waals surface area (Å²) in [7, 11) is 1.52. The summed E-state index contributed by atoms with van der Waals surface area (Å²) in [4.78, 5) is 37.5. The minimum absolute atomic E-state index is 0.0183. The number of thiazole rings is 1. The highest BCUT2D eigenvalue weighted by Gasteiger charge is 2.40. The zero-order chi connectivity index (χ0) is 27.0. The number of ether oxygens (including phenoxy) is 1. The number of hydrogen-bond donors (Lipinski definition) is 1. The van der Waals surface area contributed by atoms with Gasteiger partial charge in [0.1, 0.15) is 5.75 Å². The zero-order valence-electron chi connectivity index (χ0n) is 20.8. The number of carbonyl (C=O) groups excluding carboxylic acids is 2. The van der Waals surface area contributed by atoms with Crippen molar-refractivity contribution in [1.29, 1.82) is 5.26 Å². The van der Waals surface area contributed by atoms with Gasteiger partial charge in [0.2, 0.25) is 12.3 Å². The van der Waals surface area contributed by atoms with Gasteiger partial charge in [-0.25, -0.2) is 13.8 Å². The maximum atomic E-state index is 13.3. The summed E-state index contributed by atoms with van der Waals surface area (Å²) in [5, 5.41) is 12.6. The van der Waals surface area contributed by atoms with Gasteiger partial charge in [0.25, 0.3) is 5.91 Å². The smallest absolute Gasteiger partial charge is 0.259 e. The first-order valence-corrected chi connectivity index (χ1v) is 13.0. The average Bonchev–Trinajstić information content (AvgIpc) is 3.43. The van der Waals surface area contributed by atoms with E-state index in [9.17, 15) is 23.6 Å². The van der Waals surface area contributed by atoms with Crippen molar-refractivity contribution in [2.45, 2.75) is 45.7 Å². The predicted octanol–water partition coefficient (Wildman–Crippen LogP) is 5.17. The molecular weight excluding hydrogens is 512 g/mol. The summed E-state index contributed by atoms with van der Waals surface area (Å²) in [5.41, 5.74) is 3.35. The van der Waals surface area contributed by atoms with Gasteiger partial charge in [-0.15, -0.1) is 0 Å². The van der Waals surface area contributed by atoms with Crippen LogP contribution in [0.4, 0.5) is 13.9 Å². The maximum absolute atomic E-state index is 13.3. The standard InChI is InChI=1S/C27H25F2N5O3S/c1-14-5-18(19-8-15(10-30)3-4-22(19)37-2)20(11-31-14)25(35)33-27-32-21-12-34(13-23(21)38-27)26(36)17-6-16(7-17)9-24(28)29/h3-5,8,11,16-17,24H,6-7,9,12-13H2,1-2H3,(H,32,33,35). The quantitative estimate of drug-likeness (QED) is 0.446. The molecule has 1 N–H and O–H groups in total. The number of nitrogens with zero attached hydrogens (tertiary/aromatic N) is 4. The highest BCUT2D eigenvalue weighted by atomic mass is 32.1. The summed E-state index contributed by atoms with van der Waals surface area (Å²) in [6.07, 6.45) is 0.0363. The first kappa shape index (κ1) is 25.7. The van der Waals surface area contributed by atoms with Gasteiger partial charge in [-0.3, -0.25) is 19.9 Å². The predicted molar refractivity (Wildman–Crippen MR) is 137 cm³/mol. The number of fused-ring (bicyclic) bond motifs is 1. The summed E-state index contributed by atoms with van der Waals surface area (Å²) in [5.74, 6) is -0.180. The van der Waals surface area contributed by atoms with E-state index in [2.05, 4.69) is 21.4 Å². The molecule has 0 radical (unpaired) electrons. The van der Waals surface area contributed by atoms with Crippen LogP contribution in [0.1, 0.15) is 51.4 Å². The molecule has 0 saturated heterocycles. The van der Waals surface area contributed by atoms with Crippen LogP contribution in [0.5, 0.6) is 5.75 Å². The third-order valence-electron chi connectivity index (χ3n) is 6.99. The van der Waals surface area contributed by atoms with Crippen LogP contribution >= 0.6 is 11.3 Å². The van der Waals surface area contributed by atoms with Gasteiger partial charge in [-0.05, 0) is 49.9 Å². The van der Waals surface area contributed by atoms with Crippen molar-refractivity contribution in [3.8, 4) is 22.9 Å². The number of nitriles is 1. The van der Waals surface area contributed by atoms with Gasteiger partial charge in [0, 0.05) is 35.4 Å². The Hall–Kier alpha value is -3.91. The number of methoxy groups -OCH3 is 1. The van der Waals surface area contributed by atoms with Crippen LogP contribution in [-0.4, -0.2) is 40.2 Å². The average molecular weight is 538 g/mol. The molecule has 1 aliphatic heterocycles. The molecule has 2 amide bonds. The highest BCUT2D eigenvalue weighted by molar-refractivity contribution is 7.16. The Morgan fingerprint density at radius 1 is 1.26 bits per heavy atom. The minimum Gasteiger partial charge on any atom is -0.496 e. The van der Waals surface area contributed by atoms with Crippen LogP contribution in [0.3, 0.4) is 0 Å². The first-order valence-electron chi connectivity index (χ1n) is 12.2. The fourth-order valence-electron chi connectivity index (χ4n) is 5.01. The van der Waals surface area contributed by atoms with Crippen LogP contribution in [0.15, 0.2) is 30.5 Å². The molecule has 2 aromatic heterocycles. The molecular formula is C27H25F2N5O3S. The van der Waals surface area contributed by atoms with Crippen molar-refractivity contribution in [2.24, 2.45) is 11.8 Å². The monoisotopic (exact) mass is 537 g/mol. The number of benzene rings is 1. The molecule has 2 aliphatic rings. The number of alkyl halides is 2. The van der Waals surface area contributed by atoms with E-state index in [1.165, 1.54) is 24.6 Å².